The zero-order valence-corrected chi connectivity index (χ0v) is 20.0. The molecule has 0 aliphatic carbocycles. The number of carbonyl (C=O) groups excluding carboxylic acids is 2. The number of carbonyl (C=O) groups is 2. The molecule has 0 saturated carbocycles. The van der Waals surface area contributed by atoms with Crippen LogP contribution < -0.4 is 21.7 Å². The van der Waals surface area contributed by atoms with Crippen LogP contribution in [0.5, 0.6) is 0 Å². The molecule has 36 heavy (non-hydrogen) atoms. The van der Waals surface area contributed by atoms with Crippen LogP contribution >= 0.6 is 0 Å². The molecule has 1 heterocycles. The average Bonchev–Trinajstić information content (AvgIpc) is 2.91. The van der Waals surface area contributed by atoms with Gasteiger partial charge in [0.25, 0.3) is 11.8 Å². The number of hydrogen-bond donors (Lipinski definition) is 4. The number of para-hydroxylation sites is 1. The first-order valence-electron chi connectivity index (χ1n) is 11.8. The van der Waals surface area contributed by atoms with Gasteiger partial charge in [0.15, 0.2) is 0 Å². The molecule has 0 aliphatic rings. The number of fused-ring (bicyclic) bond motifs is 1. The van der Waals surface area contributed by atoms with E-state index in [2.05, 4.69) is 20.9 Å². The molecule has 0 spiro atoms. The fraction of sp³-hybridized carbons (Fsp3) is 0.179. The first-order valence-corrected chi connectivity index (χ1v) is 11.8. The quantitative estimate of drug-likeness (QED) is 0.259. The maximum absolute atomic E-state index is 14.9. The molecule has 2 amide bonds. The van der Waals surface area contributed by atoms with Crippen molar-refractivity contribution in [3.05, 3.63) is 89.9 Å². The third-order valence-electron chi connectivity index (χ3n) is 5.85. The maximum Gasteiger partial charge on any atom is 0.254 e. The van der Waals surface area contributed by atoms with E-state index in [4.69, 9.17) is 5.73 Å². The molecule has 3 aromatic carbocycles. The number of benzene rings is 3. The van der Waals surface area contributed by atoms with Gasteiger partial charge in [-0.25, -0.2) is 4.39 Å². The highest BCUT2D eigenvalue weighted by atomic mass is 19.1. The molecular weight excluding hydrogens is 457 g/mol. The molecule has 0 bridgehead atoms. The Hall–Kier alpha value is -4.30. The van der Waals surface area contributed by atoms with Crippen molar-refractivity contribution in [3.8, 4) is 11.1 Å². The Morgan fingerprint density at radius 3 is 2.39 bits per heavy atom. The Balaban J connectivity index is 1.71. The standard InChI is InChI=1S/C28H28FN5O2/c1-31-27(35)23-17-33-25-12-10-18(15-22(25)26(23)34-20-7-3-2-4-8-20)19-9-11-21(24(29)16-19)28(36)32-14-6-5-13-30/h2-4,7-12,15-17H,5-6,13-14,30H2,1H3,(H,31,35)(H,32,36)(H,33,34). The van der Waals surface area contributed by atoms with E-state index < -0.39 is 11.7 Å². The molecule has 1 aromatic heterocycles. The van der Waals surface area contributed by atoms with Crippen LogP contribution in [0.1, 0.15) is 33.6 Å². The lowest BCUT2D eigenvalue weighted by Gasteiger charge is -2.15. The van der Waals surface area contributed by atoms with Crippen molar-refractivity contribution in [1.29, 1.82) is 0 Å². The number of pyridine rings is 1. The number of nitrogens with two attached hydrogens (primary N) is 1. The van der Waals surface area contributed by atoms with Crippen LogP contribution in [-0.4, -0.2) is 36.9 Å². The van der Waals surface area contributed by atoms with E-state index in [1.54, 1.807) is 13.1 Å². The summed E-state index contributed by atoms with van der Waals surface area (Å²) in [5.41, 5.74) is 9.26. The Morgan fingerprint density at radius 1 is 0.917 bits per heavy atom. The minimum Gasteiger partial charge on any atom is -0.355 e. The molecule has 0 fully saturated rings. The minimum absolute atomic E-state index is 0.0118. The van der Waals surface area contributed by atoms with E-state index in [1.807, 2.05) is 48.5 Å². The summed E-state index contributed by atoms with van der Waals surface area (Å²) in [7, 11) is 1.56. The van der Waals surface area contributed by atoms with E-state index in [-0.39, 0.29) is 11.5 Å². The number of amides is 2. The highest BCUT2D eigenvalue weighted by Gasteiger charge is 2.17. The predicted octanol–water partition coefficient (Wildman–Crippen LogP) is 4.61. The fourth-order valence-corrected chi connectivity index (χ4v) is 3.92. The smallest absolute Gasteiger partial charge is 0.254 e. The third kappa shape index (κ3) is 5.50. The normalized spacial score (nSPS) is 10.8. The lowest BCUT2D eigenvalue weighted by Crippen LogP contribution is -2.25. The van der Waals surface area contributed by atoms with Crippen molar-refractivity contribution in [2.24, 2.45) is 5.73 Å². The summed E-state index contributed by atoms with van der Waals surface area (Å²) in [6.07, 6.45) is 3.07. The second kappa shape index (κ2) is 11.4. The average molecular weight is 486 g/mol. The van der Waals surface area contributed by atoms with Gasteiger partial charge in [0, 0.05) is 30.9 Å². The van der Waals surface area contributed by atoms with Crippen LogP contribution in [0.3, 0.4) is 0 Å². The van der Waals surface area contributed by atoms with Crippen LogP contribution in [0.25, 0.3) is 22.0 Å². The van der Waals surface area contributed by atoms with Crippen LogP contribution in [0.15, 0.2) is 72.9 Å². The van der Waals surface area contributed by atoms with Crippen molar-refractivity contribution < 1.29 is 14.0 Å². The van der Waals surface area contributed by atoms with Crippen molar-refractivity contribution in [3.63, 3.8) is 0 Å². The molecule has 8 heteroatoms. The highest BCUT2D eigenvalue weighted by Crippen LogP contribution is 2.33. The largest absolute Gasteiger partial charge is 0.355 e. The first kappa shape index (κ1) is 24.8. The van der Waals surface area contributed by atoms with Gasteiger partial charge in [-0.1, -0.05) is 30.3 Å². The number of nitrogens with zero attached hydrogens (tertiary/aromatic N) is 1. The number of nitrogens with one attached hydrogen (secondary N) is 3. The Kier molecular flexibility index (Phi) is 7.87. The number of anilines is 2. The topological polar surface area (TPSA) is 109 Å². The van der Waals surface area contributed by atoms with Crippen molar-refractivity contribution in [1.82, 2.24) is 15.6 Å². The van der Waals surface area contributed by atoms with Gasteiger partial charge in [-0.15, -0.1) is 0 Å². The molecule has 0 radical (unpaired) electrons. The first-order chi connectivity index (χ1) is 17.5. The summed E-state index contributed by atoms with van der Waals surface area (Å²) in [5.74, 6) is -1.34. The van der Waals surface area contributed by atoms with Crippen molar-refractivity contribution in [2.45, 2.75) is 12.8 Å². The minimum atomic E-state index is -0.608. The van der Waals surface area contributed by atoms with Gasteiger partial charge in [-0.05, 0) is 66.9 Å². The molecule has 184 valence electrons. The monoisotopic (exact) mass is 485 g/mol. The summed E-state index contributed by atoms with van der Waals surface area (Å²) in [6, 6.07) is 19.6. The van der Waals surface area contributed by atoms with E-state index >= 15 is 0 Å². The number of rotatable bonds is 9. The number of hydrogen-bond acceptors (Lipinski definition) is 5. The SMILES string of the molecule is CNC(=O)c1cnc2ccc(-c3ccc(C(=O)NCCCCN)c(F)c3)cc2c1Nc1ccccc1. The van der Waals surface area contributed by atoms with E-state index in [9.17, 15) is 14.0 Å². The Morgan fingerprint density at radius 2 is 1.67 bits per heavy atom. The molecular formula is C28H28FN5O2. The molecule has 0 atom stereocenters. The number of unbranched alkanes of at least 4 members (excludes halogenated alkanes) is 1. The molecule has 5 N–H and O–H groups in total. The molecule has 4 rings (SSSR count). The van der Waals surface area contributed by atoms with Gasteiger partial charge in [0.05, 0.1) is 22.3 Å². The van der Waals surface area contributed by atoms with Gasteiger partial charge < -0.3 is 21.7 Å². The molecule has 0 aliphatic heterocycles. The van der Waals surface area contributed by atoms with Gasteiger partial charge in [-0.3, -0.25) is 14.6 Å². The van der Waals surface area contributed by atoms with Crippen LogP contribution in [0.4, 0.5) is 15.8 Å². The summed E-state index contributed by atoms with van der Waals surface area (Å²) >= 11 is 0. The summed E-state index contributed by atoms with van der Waals surface area (Å²) < 4.78 is 14.9. The van der Waals surface area contributed by atoms with E-state index in [0.717, 1.165) is 24.1 Å². The summed E-state index contributed by atoms with van der Waals surface area (Å²) in [5, 5.41) is 9.42. The molecule has 0 unspecified atom stereocenters. The second-order valence-corrected chi connectivity index (χ2v) is 8.30. The molecule has 7 nitrogen and oxygen atoms in total. The van der Waals surface area contributed by atoms with Gasteiger partial charge in [0.1, 0.15) is 5.82 Å². The zero-order valence-electron chi connectivity index (χ0n) is 20.0. The van der Waals surface area contributed by atoms with Crippen LogP contribution in [0.2, 0.25) is 0 Å². The summed E-state index contributed by atoms with van der Waals surface area (Å²) in [6.45, 7) is 0.993. The molecule has 0 saturated heterocycles. The highest BCUT2D eigenvalue weighted by molar-refractivity contribution is 6.08. The lowest BCUT2D eigenvalue weighted by atomic mass is 9.99. The fourth-order valence-electron chi connectivity index (χ4n) is 3.92. The van der Waals surface area contributed by atoms with Gasteiger partial charge in [-0.2, -0.15) is 0 Å². The van der Waals surface area contributed by atoms with Crippen molar-refractivity contribution >= 4 is 34.1 Å². The predicted molar refractivity (Wildman–Crippen MR) is 141 cm³/mol. The van der Waals surface area contributed by atoms with Gasteiger partial charge in [0.2, 0.25) is 0 Å². The molecule has 4 aromatic rings. The number of aromatic nitrogens is 1. The van der Waals surface area contributed by atoms with Crippen LogP contribution in [0, 0.1) is 5.82 Å². The maximum atomic E-state index is 14.9. The zero-order chi connectivity index (χ0) is 25.5. The lowest BCUT2D eigenvalue weighted by molar-refractivity contribution is 0.0945. The summed E-state index contributed by atoms with van der Waals surface area (Å²) in [4.78, 5) is 29.4. The second-order valence-electron chi connectivity index (χ2n) is 8.30. The van der Waals surface area contributed by atoms with Crippen LogP contribution in [-0.2, 0) is 0 Å². The van der Waals surface area contributed by atoms with Crippen molar-refractivity contribution in [2.75, 3.05) is 25.5 Å². The Labute approximate surface area is 208 Å². The van der Waals surface area contributed by atoms with E-state index in [0.29, 0.717) is 40.8 Å². The Bertz CT molecular complexity index is 1390. The third-order valence-corrected chi connectivity index (χ3v) is 5.85. The van der Waals surface area contributed by atoms with E-state index in [1.165, 1.54) is 18.3 Å². The van der Waals surface area contributed by atoms with Gasteiger partial charge >= 0.3 is 0 Å². The number of halogens is 1.